The summed E-state index contributed by atoms with van der Waals surface area (Å²) in [6.45, 7) is 6.74. The molecule has 3 heteroatoms. The third-order valence-electron chi connectivity index (χ3n) is 5.52. The summed E-state index contributed by atoms with van der Waals surface area (Å²) in [6, 6.07) is 0. The maximum Gasteiger partial charge on any atom is 0.336 e. The molecule has 2 spiro atoms. The number of ether oxygens (including phenoxy) is 2. The second kappa shape index (κ2) is 3.08. The molecule has 2 heterocycles. The quantitative estimate of drug-likeness (QED) is 0.487. The van der Waals surface area contributed by atoms with Crippen molar-refractivity contribution < 1.29 is 14.3 Å². The lowest BCUT2D eigenvalue weighted by molar-refractivity contribution is -0.182. The van der Waals surface area contributed by atoms with E-state index in [1.807, 2.05) is 6.08 Å². The van der Waals surface area contributed by atoms with E-state index < -0.39 is 5.79 Å². The predicted molar refractivity (Wildman–Crippen MR) is 65.6 cm³/mol. The Hall–Kier alpha value is -1.09. The third-order valence-corrected chi connectivity index (χ3v) is 5.52. The molecule has 2 bridgehead atoms. The van der Waals surface area contributed by atoms with Crippen molar-refractivity contribution in [3.05, 3.63) is 23.8 Å². The molecule has 4 fully saturated rings. The topological polar surface area (TPSA) is 35.5 Å². The van der Waals surface area contributed by atoms with Crippen LogP contribution >= 0.6 is 0 Å². The van der Waals surface area contributed by atoms with Gasteiger partial charge in [-0.05, 0) is 44.1 Å². The molecule has 2 aliphatic heterocycles. The monoisotopic (exact) mass is 246 g/mol. The smallest absolute Gasteiger partial charge is 0.336 e. The lowest BCUT2D eigenvalue weighted by Crippen LogP contribution is -2.54. The molecule has 1 saturated heterocycles. The number of esters is 1. The molecule has 0 aromatic rings. The van der Waals surface area contributed by atoms with Gasteiger partial charge in [-0.2, -0.15) is 0 Å². The molecule has 3 saturated carbocycles. The highest BCUT2D eigenvalue weighted by molar-refractivity contribution is 5.90. The molecule has 18 heavy (non-hydrogen) atoms. The van der Waals surface area contributed by atoms with Crippen molar-refractivity contribution in [1.82, 2.24) is 0 Å². The number of fused-ring (bicyclic) bond motifs is 2. The molecule has 5 rings (SSSR count). The summed E-state index contributed by atoms with van der Waals surface area (Å²) >= 11 is 0. The van der Waals surface area contributed by atoms with E-state index in [1.165, 1.54) is 24.8 Å². The van der Waals surface area contributed by atoms with Gasteiger partial charge in [0.15, 0.2) is 0 Å². The normalized spacial score (nSPS) is 49.5. The van der Waals surface area contributed by atoms with Crippen LogP contribution in [0.3, 0.4) is 0 Å². The number of hydrogen-bond donors (Lipinski definition) is 0. The first kappa shape index (κ1) is 10.8. The fourth-order valence-electron chi connectivity index (χ4n) is 4.51. The highest BCUT2D eigenvalue weighted by Crippen LogP contribution is 2.67. The zero-order valence-corrected chi connectivity index (χ0v) is 10.7. The Kier molecular flexibility index (Phi) is 1.85. The van der Waals surface area contributed by atoms with Crippen LogP contribution in [0.4, 0.5) is 0 Å². The minimum atomic E-state index is -0.754. The predicted octanol–water partition coefficient (Wildman–Crippen LogP) is 2.58. The number of carbonyl (C=O) groups is 1. The summed E-state index contributed by atoms with van der Waals surface area (Å²) in [4.78, 5) is 11.6. The van der Waals surface area contributed by atoms with Gasteiger partial charge in [0, 0.05) is 17.4 Å². The van der Waals surface area contributed by atoms with Crippen molar-refractivity contribution in [2.75, 3.05) is 6.61 Å². The van der Waals surface area contributed by atoms with Gasteiger partial charge < -0.3 is 9.47 Å². The Morgan fingerprint density at radius 2 is 2.33 bits per heavy atom. The van der Waals surface area contributed by atoms with Crippen molar-refractivity contribution in [3.63, 3.8) is 0 Å². The van der Waals surface area contributed by atoms with Gasteiger partial charge in [0.2, 0.25) is 5.79 Å². The maximum atomic E-state index is 11.6. The molecule has 0 amide bonds. The molecule has 0 N–H and O–H groups in total. The number of allylic oxidation sites excluding steroid dienone is 1. The molecule has 3 aliphatic carbocycles. The average molecular weight is 246 g/mol. The van der Waals surface area contributed by atoms with Crippen LogP contribution in [-0.4, -0.2) is 18.4 Å². The van der Waals surface area contributed by atoms with Gasteiger partial charge in [0.25, 0.3) is 0 Å². The lowest BCUT2D eigenvalue weighted by atomic mass is 9.45. The van der Waals surface area contributed by atoms with Crippen LogP contribution in [0.1, 0.15) is 32.6 Å². The van der Waals surface area contributed by atoms with E-state index in [-0.39, 0.29) is 11.4 Å². The van der Waals surface area contributed by atoms with Crippen molar-refractivity contribution in [2.45, 2.75) is 38.4 Å². The Balaban J connectivity index is 1.65. The Bertz CT molecular complexity index is 490. The van der Waals surface area contributed by atoms with E-state index in [4.69, 9.17) is 9.47 Å². The van der Waals surface area contributed by atoms with E-state index in [1.54, 1.807) is 6.92 Å². The minimum Gasteiger partial charge on any atom is -0.426 e. The summed E-state index contributed by atoms with van der Waals surface area (Å²) in [5.41, 5.74) is 2.26. The second-order valence-electron chi connectivity index (χ2n) is 6.41. The third kappa shape index (κ3) is 1.11. The van der Waals surface area contributed by atoms with Crippen LogP contribution in [0.5, 0.6) is 0 Å². The van der Waals surface area contributed by atoms with Crippen LogP contribution in [-0.2, 0) is 14.3 Å². The van der Waals surface area contributed by atoms with Gasteiger partial charge in [-0.15, -0.1) is 0 Å². The molecule has 0 aromatic heterocycles. The Morgan fingerprint density at radius 3 is 2.94 bits per heavy atom. The van der Waals surface area contributed by atoms with Crippen molar-refractivity contribution in [1.29, 1.82) is 0 Å². The molecule has 0 unspecified atom stereocenters. The highest BCUT2D eigenvalue weighted by Gasteiger charge is 2.66. The van der Waals surface area contributed by atoms with Gasteiger partial charge >= 0.3 is 5.97 Å². The van der Waals surface area contributed by atoms with Gasteiger partial charge in [-0.25, -0.2) is 4.79 Å². The van der Waals surface area contributed by atoms with E-state index in [0.717, 1.165) is 18.9 Å². The standard InChI is InChI=1S/C15H18O3/c1-9-3-4-11-5-12(9)14(11)7-15(17-8-14)6-10(2)13(16)18-15/h6,11-12H,1,3-5,7-8H2,2H3/t11-,12-,14-,15-/m0/s1. The molecule has 0 aromatic carbocycles. The van der Waals surface area contributed by atoms with E-state index in [2.05, 4.69) is 6.58 Å². The second-order valence-corrected chi connectivity index (χ2v) is 6.41. The fraction of sp³-hybridized carbons (Fsp3) is 0.667. The van der Waals surface area contributed by atoms with Crippen molar-refractivity contribution >= 4 is 5.97 Å². The first-order valence-electron chi connectivity index (χ1n) is 6.79. The van der Waals surface area contributed by atoms with E-state index >= 15 is 0 Å². The van der Waals surface area contributed by atoms with E-state index in [9.17, 15) is 4.79 Å². The largest absolute Gasteiger partial charge is 0.426 e. The zero-order chi connectivity index (χ0) is 12.5. The molecule has 5 aliphatic rings. The van der Waals surface area contributed by atoms with Gasteiger partial charge in [0.1, 0.15) is 0 Å². The molecule has 96 valence electrons. The van der Waals surface area contributed by atoms with Crippen LogP contribution in [0.15, 0.2) is 23.8 Å². The molecule has 4 atom stereocenters. The summed E-state index contributed by atoms with van der Waals surface area (Å²) in [5, 5.41) is 0. The highest BCUT2D eigenvalue weighted by atomic mass is 16.7. The number of rotatable bonds is 0. The molecule has 3 nitrogen and oxygen atoms in total. The van der Waals surface area contributed by atoms with Crippen LogP contribution in [0.25, 0.3) is 0 Å². The molecular weight excluding hydrogens is 228 g/mol. The van der Waals surface area contributed by atoms with Crippen LogP contribution in [0.2, 0.25) is 0 Å². The molecular formula is C15H18O3. The van der Waals surface area contributed by atoms with Crippen molar-refractivity contribution in [3.8, 4) is 0 Å². The van der Waals surface area contributed by atoms with Crippen LogP contribution in [0, 0.1) is 17.3 Å². The minimum absolute atomic E-state index is 0.205. The first-order chi connectivity index (χ1) is 8.55. The van der Waals surface area contributed by atoms with E-state index in [0.29, 0.717) is 11.5 Å². The van der Waals surface area contributed by atoms with Gasteiger partial charge in [-0.1, -0.05) is 12.2 Å². The lowest BCUT2D eigenvalue weighted by Gasteiger charge is -2.58. The van der Waals surface area contributed by atoms with Gasteiger partial charge in [0.05, 0.1) is 6.61 Å². The zero-order valence-electron chi connectivity index (χ0n) is 10.7. The summed E-state index contributed by atoms with van der Waals surface area (Å²) in [6.07, 6.45) is 6.36. The van der Waals surface area contributed by atoms with Gasteiger partial charge in [-0.3, -0.25) is 0 Å². The first-order valence-corrected chi connectivity index (χ1v) is 6.79. The average Bonchev–Trinajstić information content (AvgIpc) is 2.82. The summed E-state index contributed by atoms with van der Waals surface area (Å²) in [5.74, 6) is 0.342. The number of hydrogen-bond acceptors (Lipinski definition) is 3. The van der Waals surface area contributed by atoms with Crippen molar-refractivity contribution in [2.24, 2.45) is 17.3 Å². The summed E-state index contributed by atoms with van der Waals surface area (Å²) < 4.78 is 11.4. The number of carbonyl (C=O) groups excluding carboxylic acids is 1. The fourth-order valence-corrected chi connectivity index (χ4v) is 4.51. The molecule has 0 radical (unpaired) electrons. The maximum absolute atomic E-state index is 11.6. The van der Waals surface area contributed by atoms with Crippen LogP contribution < -0.4 is 0 Å². The SMILES string of the molecule is C=C1CC[C@H]2C[C@@H]1[C@@]21CO[C@]2(C=C(C)C(=O)O2)C1. The Labute approximate surface area is 107 Å². The summed E-state index contributed by atoms with van der Waals surface area (Å²) in [7, 11) is 0. The Morgan fingerprint density at radius 1 is 1.50 bits per heavy atom.